The number of carbonyl (C=O) groups is 2. The summed E-state index contributed by atoms with van der Waals surface area (Å²) in [7, 11) is 0. The highest BCUT2D eigenvalue weighted by Gasteiger charge is 2.69. The van der Waals surface area contributed by atoms with E-state index in [0.29, 0.717) is 18.0 Å². The van der Waals surface area contributed by atoms with Crippen molar-refractivity contribution in [2.45, 2.75) is 36.5 Å². The summed E-state index contributed by atoms with van der Waals surface area (Å²) in [5.41, 5.74) is 2.68. The number of fused-ring (bicyclic) bond motifs is 9. The minimum atomic E-state index is -0.344. The SMILES string of the molecule is CCOc1cc([C@@H]2c3sc(=O)[nH]c3S[C@@H]3[C@@H]4C[C@H]([C@H]5C(=O)N(c6ccc(C)cc6)C(=O)[C@H]45)[C@H]23)ccc1O. The molecule has 0 radical (unpaired) electrons. The number of hydrogen-bond acceptors (Lipinski definition) is 7. The minimum absolute atomic E-state index is 0.0408. The number of imide groups is 1. The minimum Gasteiger partial charge on any atom is -0.504 e. The Bertz CT molecular complexity index is 1490. The number of aromatic nitrogens is 1. The molecule has 7 rings (SSSR count). The molecule has 2 aromatic carbocycles. The molecule has 3 heterocycles. The van der Waals surface area contributed by atoms with E-state index in [1.807, 2.05) is 50.2 Å². The molecule has 2 N–H and O–H groups in total. The molecule has 2 aliphatic carbocycles. The third-order valence-electron chi connectivity index (χ3n) is 8.66. The standard InChI is InChI=1S/C28H26N2O5S2/c1-3-35-18-10-13(6-9-17(18)31)19-20-15-11-16(23(20)36-25-24(19)37-28(34)29-25)22-21(15)26(32)30(27(22)33)14-7-4-12(2)5-8-14/h4-10,15-16,19-23,31H,3,11H2,1-2H3,(H,29,34)/t15-,16+,19-,20+,21+,22+,23+/m0/s1. The van der Waals surface area contributed by atoms with Gasteiger partial charge in [0.2, 0.25) is 11.8 Å². The summed E-state index contributed by atoms with van der Waals surface area (Å²) in [5.74, 6) is -0.259. The Kier molecular flexibility index (Phi) is 5.14. The lowest BCUT2D eigenvalue weighted by molar-refractivity contribution is -0.123. The normalized spacial score (nSPS) is 31.4. The largest absolute Gasteiger partial charge is 0.504 e. The van der Waals surface area contributed by atoms with E-state index in [1.165, 1.54) is 16.2 Å². The molecule has 37 heavy (non-hydrogen) atoms. The summed E-state index contributed by atoms with van der Waals surface area (Å²) in [6, 6.07) is 13.0. The predicted molar refractivity (Wildman–Crippen MR) is 141 cm³/mol. The van der Waals surface area contributed by atoms with E-state index in [9.17, 15) is 19.5 Å². The highest BCUT2D eigenvalue weighted by Crippen LogP contribution is 2.68. The van der Waals surface area contributed by atoms with Crippen molar-refractivity contribution in [1.29, 1.82) is 0 Å². The number of aromatic hydroxyl groups is 1. The Morgan fingerprint density at radius 2 is 1.78 bits per heavy atom. The summed E-state index contributed by atoms with van der Waals surface area (Å²) in [6.45, 7) is 4.28. The van der Waals surface area contributed by atoms with Crippen LogP contribution < -0.4 is 14.5 Å². The molecule has 3 aromatic rings. The lowest BCUT2D eigenvalue weighted by Gasteiger charge is -2.43. The van der Waals surface area contributed by atoms with Crippen LogP contribution in [0.5, 0.6) is 11.5 Å². The second-order valence-electron chi connectivity index (χ2n) is 10.5. The van der Waals surface area contributed by atoms with E-state index in [4.69, 9.17) is 4.74 Å². The maximum atomic E-state index is 13.8. The van der Waals surface area contributed by atoms with E-state index in [2.05, 4.69) is 4.98 Å². The smallest absolute Gasteiger partial charge is 0.305 e. The molecule has 2 aliphatic heterocycles. The number of amides is 2. The number of rotatable bonds is 4. The predicted octanol–water partition coefficient (Wildman–Crippen LogP) is 4.53. The molecule has 7 nitrogen and oxygen atoms in total. The monoisotopic (exact) mass is 534 g/mol. The Labute approximate surface area is 221 Å². The van der Waals surface area contributed by atoms with Crippen LogP contribution in [0.4, 0.5) is 5.69 Å². The van der Waals surface area contributed by atoms with Gasteiger partial charge in [-0.05, 0) is 67.9 Å². The molecule has 2 amide bonds. The van der Waals surface area contributed by atoms with E-state index < -0.39 is 0 Å². The van der Waals surface area contributed by atoms with Crippen LogP contribution in [0.15, 0.2) is 52.3 Å². The van der Waals surface area contributed by atoms with Crippen molar-refractivity contribution in [2.24, 2.45) is 29.6 Å². The first-order valence-electron chi connectivity index (χ1n) is 12.7. The fraction of sp³-hybridized carbons (Fsp3) is 0.393. The number of aromatic amines is 1. The first-order chi connectivity index (χ1) is 17.9. The Morgan fingerprint density at radius 3 is 2.51 bits per heavy atom. The first kappa shape index (κ1) is 23.1. The van der Waals surface area contributed by atoms with Gasteiger partial charge in [0.25, 0.3) is 0 Å². The average molecular weight is 535 g/mol. The van der Waals surface area contributed by atoms with Gasteiger partial charge in [-0.1, -0.05) is 35.1 Å². The number of carbonyl (C=O) groups excluding carboxylic acids is 2. The Balaban J connectivity index is 1.32. The number of aryl methyl sites for hydroxylation is 1. The summed E-state index contributed by atoms with van der Waals surface area (Å²) >= 11 is 2.89. The van der Waals surface area contributed by atoms with Gasteiger partial charge in [-0.3, -0.25) is 19.3 Å². The number of hydrogen-bond donors (Lipinski definition) is 2. The first-order valence-corrected chi connectivity index (χ1v) is 14.4. The second kappa shape index (κ2) is 8.23. The summed E-state index contributed by atoms with van der Waals surface area (Å²) < 4.78 is 5.68. The van der Waals surface area contributed by atoms with Crippen LogP contribution in [0.3, 0.4) is 0 Å². The second-order valence-corrected chi connectivity index (χ2v) is 12.7. The Morgan fingerprint density at radius 1 is 1.05 bits per heavy atom. The molecule has 2 saturated carbocycles. The average Bonchev–Trinajstić information content (AvgIpc) is 3.60. The van der Waals surface area contributed by atoms with E-state index in [1.54, 1.807) is 17.8 Å². The van der Waals surface area contributed by atoms with Crippen molar-refractivity contribution in [2.75, 3.05) is 11.5 Å². The van der Waals surface area contributed by atoms with Crippen molar-refractivity contribution in [3.8, 4) is 11.5 Å². The van der Waals surface area contributed by atoms with Crippen LogP contribution in [0.2, 0.25) is 0 Å². The van der Waals surface area contributed by atoms with Crippen molar-refractivity contribution < 1.29 is 19.4 Å². The van der Waals surface area contributed by atoms with Crippen molar-refractivity contribution in [1.82, 2.24) is 4.98 Å². The van der Waals surface area contributed by atoms with Gasteiger partial charge in [0.05, 0.1) is 29.2 Å². The van der Waals surface area contributed by atoms with E-state index in [-0.39, 0.29) is 63.2 Å². The van der Waals surface area contributed by atoms with Gasteiger partial charge in [0.1, 0.15) is 0 Å². The quantitative estimate of drug-likeness (QED) is 0.478. The van der Waals surface area contributed by atoms with E-state index >= 15 is 0 Å². The highest BCUT2D eigenvalue weighted by molar-refractivity contribution is 8.00. The molecular formula is C28H26N2O5S2. The van der Waals surface area contributed by atoms with Crippen LogP contribution in [0.1, 0.15) is 35.3 Å². The molecule has 9 heteroatoms. The van der Waals surface area contributed by atoms with Crippen LogP contribution in [0, 0.1) is 36.5 Å². The van der Waals surface area contributed by atoms with Crippen molar-refractivity contribution in [3.05, 3.63) is 68.1 Å². The van der Waals surface area contributed by atoms with Crippen LogP contribution in [-0.4, -0.2) is 33.8 Å². The van der Waals surface area contributed by atoms with E-state index in [0.717, 1.165) is 27.5 Å². The summed E-state index contributed by atoms with van der Waals surface area (Å²) in [6.07, 6.45) is 0.836. The Hall–Kier alpha value is -3.04. The molecule has 0 spiro atoms. The van der Waals surface area contributed by atoms with Gasteiger partial charge in [0, 0.05) is 16.0 Å². The van der Waals surface area contributed by atoms with Gasteiger partial charge in [-0.2, -0.15) is 0 Å². The van der Waals surface area contributed by atoms with Crippen molar-refractivity contribution >= 4 is 40.6 Å². The fourth-order valence-corrected chi connectivity index (χ4v) is 10.2. The maximum Gasteiger partial charge on any atom is 0.305 e. The van der Waals surface area contributed by atoms with Crippen molar-refractivity contribution in [3.63, 3.8) is 0 Å². The highest BCUT2D eigenvalue weighted by atomic mass is 32.2. The molecule has 3 fully saturated rings. The number of phenolic OH excluding ortho intramolecular Hbond substituents is 1. The molecule has 7 atom stereocenters. The number of anilines is 1. The van der Waals surface area contributed by atoms with Crippen LogP contribution in [0.25, 0.3) is 0 Å². The fourth-order valence-electron chi connectivity index (χ4n) is 7.33. The zero-order chi connectivity index (χ0) is 25.6. The number of benzene rings is 2. The third-order valence-corrected chi connectivity index (χ3v) is 11.2. The number of nitrogens with one attached hydrogen (secondary N) is 1. The van der Waals surface area contributed by atoms with Gasteiger partial charge in [-0.25, -0.2) is 0 Å². The summed E-state index contributed by atoms with van der Waals surface area (Å²) in [5, 5.41) is 11.3. The number of thiazole rings is 1. The lowest BCUT2D eigenvalue weighted by atomic mass is 9.68. The maximum absolute atomic E-state index is 13.8. The zero-order valence-electron chi connectivity index (χ0n) is 20.3. The molecule has 1 aromatic heterocycles. The molecule has 2 bridgehead atoms. The topological polar surface area (TPSA) is 99.7 Å². The van der Waals surface area contributed by atoms with Crippen LogP contribution >= 0.6 is 23.1 Å². The van der Waals surface area contributed by atoms with Gasteiger partial charge in [0.15, 0.2) is 11.5 Å². The number of nitrogens with zero attached hydrogens (tertiary/aromatic N) is 1. The van der Waals surface area contributed by atoms with Gasteiger partial charge >= 0.3 is 4.87 Å². The number of H-pyrrole nitrogens is 1. The molecule has 4 aliphatic rings. The van der Waals surface area contributed by atoms with Gasteiger partial charge < -0.3 is 14.8 Å². The zero-order valence-corrected chi connectivity index (χ0v) is 22.0. The third kappa shape index (κ3) is 3.23. The lowest BCUT2D eigenvalue weighted by Crippen LogP contribution is -2.42. The number of ether oxygens (including phenoxy) is 1. The summed E-state index contributed by atoms with van der Waals surface area (Å²) in [4.78, 5) is 45.3. The van der Waals surface area contributed by atoms with Crippen LogP contribution in [-0.2, 0) is 9.59 Å². The number of thioether (sulfide) groups is 1. The molecule has 190 valence electrons. The van der Waals surface area contributed by atoms with Gasteiger partial charge in [-0.15, -0.1) is 11.8 Å². The molecule has 0 unspecified atom stereocenters. The number of phenols is 1. The molecular weight excluding hydrogens is 508 g/mol. The molecule has 1 saturated heterocycles.